The summed E-state index contributed by atoms with van der Waals surface area (Å²) in [4.78, 5) is 12.8. The minimum absolute atomic E-state index is 0.181. The molecule has 0 saturated carbocycles. The third kappa shape index (κ3) is 3.48. The summed E-state index contributed by atoms with van der Waals surface area (Å²) in [6.07, 6.45) is 0.181. The summed E-state index contributed by atoms with van der Waals surface area (Å²) in [6.45, 7) is 9.70. The number of carbonyl (C=O) groups is 1. The topological polar surface area (TPSA) is 40.5 Å². The fourth-order valence-electron chi connectivity index (χ4n) is 2.33. The number of nitrogens with zero attached hydrogens (tertiary/aromatic N) is 1. The maximum absolute atomic E-state index is 10.6. The largest absolute Gasteiger partial charge is 0.481 e. The van der Waals surface area contributed by atoms with Crippen molar-refractivity contribution in [3.05, 3.63) is 28.8 Å². The first-order chi connectivity index (χ1) is 7.95. The smallest absolute Gasteiger partial charge is 0.305 e. The number of anilines is 1. The summed E-state index contributed by atoms with van der Waals surface area (Å²) >= 11 is 0. The van der Waals surface area contributed by atoms with Gasteiger partial charge >= 0.3 is 5.97 Å². The number of benzene rings is 1. The van der Waals surface area contributed by atoms with Crippen LogP contribution in [0.1, 0.15) is 30.0 Å². The van der Waals surface area contributed by atoms with E-state index < -0.39 is 5.97 Å². The highest BCUT2D eigenvalue weighted by Gasteiger charge is 2.12. The van der Waals surface area contributed by atoms with Crippen molar-refractivity contribution in [2.45, 2.75) is 34.1 Å². The van der Waals surface area contributed by atoms with E-state index in [2.05, 4.69) is 44.7 Å². The van der Waals surface area contributed by atoms with Gasteiger partial charge in [0.05, 0.1) is 6.42 Å². The average Bonchev–Trinajstić information content (AvgIpc) is 2.21. The van der Waals surface area contributed by atoms with Crippen molar-refractivity contribution >= 4 is 11.7 Å². The SMILES string of the molecule is CCN(CCC(=O)O)c1c(C)cc(C)cc1C. The molecule has 0 fully saturated rings. The Labute approximate surface area is 103 Å². The first kappa shape index (κ1) is 13.6. The van der Waals surface area contributed by atoms with Crippen LogP contribution in [-0.4, -0.2) is 24.2 Å². The van der Waals surface area contributed by atoms with E-state index in [1.54, 1.807) is 0 Å². The second-order valence-electron chi connectivity index (χ2n) is 4.47. The van der Waals surface area contributed by atoms with Crippen LogP contribution in [0, 0.1) is 20.8 Å². The predicted molar refractivity (Wildman–Crippen MR) is 70.8 cm³/mol. The molecule has 0 bridgehead atoms. The van der Waals surface area contributed by atoms with E-state index >= 15 is 0 Å². The number of carboxylic acid groups (broad SMARTS) is 1. The standard InChI is InChI=1S/C14H21NO2/c1-5-15(7-6-13(16)17)14-11(3)8-10(2)9-12(14)4/h8-9H,5-7H2,1-4H3,(H,16,17). The van der Waals surface area contributed by atoms with Gasteiger partial charge in [0.25, 0.3) is 0 Å². The zero-order valence-electron chi connectivity index (χ0n) is 11.1. The van der Waals surface area contributed by atoms with Crippen LogP contribution in [-0.2, 0) is 4.79 Å². The van der Waals surface area contributed by atoms with Gasteiger partial charge in [0.1, 0.15) is 0 Å². The lowest BCUT2D eigenvalue weighted by atomic mass is 10.0. The van der Waals surface area contributed by atoms with Gasteiger partial charge in [-0.05, 0) is 38.8 Å². The molecule has 0 aliphatic carbocycles. The lowest BCUT2D eigenvalue weighted by Gasteiger charge is -2.26. The Bertz CT molecular complexity index is 390. The number of carboxylic acids is 1. The Morgan fingerprint density at radius 2 is 1.76 bits per heavy atom. The van der Waals surface area contributed by atoms with Gasteiger partial charge in [0, 0.05) is 18.8 Å². The van der Waals surface area contributed by atoms with Crippen molar-refractivity contribution < 1.29 is 9.90 Å². The highest BCUT2D eigenvalue weighted by Crippen LogP contribution is 2.26. The quantitative estimate of drug-likeness (QED) is 0.853. The fourth-order valence-corrected chi connectivity index (χ4v) is 2.33. The summed E-state index contributed by atoms with van der Waals surface area (Å²) in [7, 11) is 0. The third-order valence-electron chi connectivity index (χ3n) is 2.93. The summed E-state index contributed by atoms with van der Waals surface area (Å²) in [5.74, 6) is -0.745. The lowest BCUT2D eigenvalue weighted by molar-refractivity contribution is -0.136. The van der Waals surface area contributed by atoms with Crippen LogP contribution >= 0.6 is 0 Å². The van der Waals surface area contributed by atoms with Crippen molar-refractivity contribution in [2.75, 3.05) is 18.0 Å². The number of aliphatic carboxylic acids is 1. The first-order valence-corrected chi connectivity index (χ1v) is 6.00. The minimum Gasteiger partial charge on any atom is -0.481 e. The molecule has 0 heterocycles. The van der Waals surface area contributed by atoms with Gasteiger partial charge in [-0.1, -0.05) is 17.7 Å². The van der Waals surface area contributed by atoms with Gasteiger partial charge in [0.2, 0.25) is 0 Å². The van der Waals surface area contributed by atoms with Gasteiger partial charge < -0.3 is 10.0 Å². The molecule has 1 rings (SSSR count). The Morgan fingerprint density at radius 3 is 2.18 bits per heavy atom. The van der Waals surface area contributed by atoms with E-state index in [0.29, 0.717) is 6.54 Å². The summed E-state index contributed by atoms with van der Waals surface area (Å²) in [5.41, 5.74) is 4.86. The Kier molecular flexibility index (Phi) is 4.55. The van der Waals surface area contributed by atoms with Gasteiger partial charge in [-0.25, -0.2) is 0 Å². The van der Waals surface area contributed by atoms with Gasteiger partial charge in [-0.15, -0.1) is 0 Å². The molecule has 0 aliphatic heterocycles. The van der Waals surface area contributed by atoms with Crippen molar-refractivity contribution in [3.63, 3.8) is 0 Å². The van der Waals surface area contributed by atoms with E-state index in [1.807, 2.05) is 0 Å². The molecule has 3 nitrogen and oxygen atoms in total. The molecule has 0 unspecified atom stereocenters. The van der Waals surface area contributed by atoms with Crippen LogP contribution in [0.25, 0.3) is 0 Å². The molecule has 1 aromatic rings. The normalized spacial score (nSPS) is 10.4. The Morgan fingerprint density at radius 1 is 1.24 bits per heavy atom. The maximum Gasteiger partial charge on any atom is 0.305 e. The molecule has 3 heteroatoms. The molecule has 0 amide bonds. The molecule has 0 aromatic heterocycles. The van der Waals surface area contributed by atoms with E-state index in [-0.39, 0.29) is 6.42 Å². The first-order valence-electron chi connectivity index (χ1n) is 6.00. The van der Waals surface area contributed by atoms with E-state index in [4.69, 9.17) is 5.11 Å². The van der Waals surface area contributed by atoms with Crippen molar-refractivity contribution in [2.24, 2.45) is 0 Å². The molecule has 1 aromatic carbocycles. The molecule has 0 spiro atoms. The van der Waals surface area contributed by atoms with Crippen LogP contribution in [0.4, 0.5) is 5.69 Å². The summed E-state index contributed by atoms with van der Waals surface area (Å²) < 4.78 is 0. The lowest BCUT2D eigenvalue weighted by Crippen LogP contribution is -2.27. The van der Waals surface area contributed by atoms with Crippen LogP contribution in [0.2, 0.25) is 0 Å². The maximum atomic E-state index is 10.6. The van der Waals surface area contributed by atoms with Crippen molar-refractivity contribution in [3.8, 4) is 0 Å². The number of rotatable bonds is 5. The van der Waals surface area contributed by atoms with Crippen molar-refractivity contribution in [1.29, 1.82) is 0 Å². The molecule has 0 radical (unpaired) electrons. The average molecular weight is 235 g/mol. The molecule has 1 N–H and O–H groups in total. The van der Waals surface area contributed by atoms with E-state index in [1.165, 1.54) is 22.4 Å². The molecule has 0 atom stereocenters. The monoisotopic (exact) mass is 235 g/mol. The Balaban J connectivity index is 2.99. The number of aryl methyl sites for hydroxylation is 3. The summed E-state index contributed by atoms with van der Waals surface area (Å²) in [6, 6.07) is 4.29. The van der Waals surface area contributed by atoms with Gasteiger partial charge in [0.15, 0.2) is 0 Å². The predicted octanol–water partition coefficient (Wildman–Crippen LogP) is 2.91. The minimum atomic E-state index is -0.745. The van der Waals surface area contributed by atoms with E-state index in [9.17, 15) is 4.79 Å². The molecular weight excluding hydrogens is 214 g/mol. The van der Waals surface area contributed by atoms with Crippen molar-refractivity contribution in [1.82, 2.24) is 0 Å². The van der Waals surface area contributed by atoms with E-state index in [0.717, 1.165) is 6.54 Å². The highest BCUT2D eigenvalue weighted by molar-refractivity contribution is 5.68. The van der Waals surface area contributed by atoms with Crippen LogP contribution in [0.3, 0.4) is 0 Å². The molecule has 0 saturated heterocycles. The fraction of sp³-hybridized carbons (Fsp3) is 0.500. The molecule has 0 aliphatic rings. The van der Waals surface area contributed by atoms with Gasteiger partial charge in [-0.2, -0.15) is 0 Å². The zero-order valence-corrected chi connectivity index (χ0v) is 11.1. The molecule has 94 valence electrons. The highest BCUT2D eigenvalue weighted by atomic mass is 16.4. The number of hydrogen-bond donors (Lipinski definition) is 1. The second kappa shape index (κ2) is 5.71. The molecule has 17 heavy (non-hydrogen) atoms. The number of hydrogen-bond acceptors (Lipinski definition) is 2. The Hall–Kier alpha value is -1.51. The van der Waals surface area contributed by atoms with Crippen LogP contribution in [0.15, 0.2) is 12.1 Å². The summed E-state index contributed by atoms with van der Waals surface area (Å²) in [5, 5.41) is 8.76. The molecular formula is C14H21NO2. The zero-order chi connectivity index (χ0) is 13.0. The third-order valence-corrected chi connectivity index (χ3v) is 2.93. The van der Waals surface area contributed by atoms with Gasteiger partial charge in [-0.3, -0.25) is 4.79 Å². The van der Waals surface area contributed by atoms with Crippen LogP contribution < -0.4 is 4.90 Å². The second-order valence-corrected chi connectivity index (χ2v) is 4.47. The van der Waals surface area contributed by atoms with Crippen LogP contribution in [0.5, 0.6) is 0 Å².